The SMILES string of the molecule is Cc1cnc(N)c2cc([N+](=O)[O-])ccc12. The number of benzene rings is 1. The van der Waals surface area contributed by atoms with Crippen molar-refractivity contribution in [1.29, 1.82) is 0 Å². The van der Waals surface area contributed by atoms with E-state index in [0.717, 1.165) is 10.9 Å². The van der Waals surface area contributed by atoms with Gasteiger partial charge in [-0.3, -0.25) is 10.1 Å². The highest BCUT2D eigenvalue weighted by Crippen LogP contribution is 2.26. The van der Waals surface area contributed by atoms with E-state index in [4.69, 9.17) is 5.73 Å². The molecular weight excluding hydrogens is 194 g/mol. The Morgan fingerprint density at radius 2 is 2.13 bits per heavy atom. The number of nitrogens with two attached hydrogens (primary N) is 1. The summed E-state index contributed by atoms with van der Waals surface area (Å²) in [6.07, 6.45) is 1.66. The number of hydrogen-bond donors (Lipinski definition) is 1. The molecule has 0 atom stereocenters. The van der Waals surface area contributed by atoms with Crippen LogP contribution in [0.25, 0.3) is 10.8 Å². The van der Waals surface area contributed by atoms with Crippen molar-refractivity contribution in [3.05, 3.63) is 40.1 Å². The second kappa shape index (κ2) is 3.20. The first-order chi connectivity index (χ1) is 7.09. The number of rotatable bonds is 1. The molecule has 0 saturated heterocycles. The quantitative estimate of drug-likeness (QED) is 0.567. The van der Waals surface area contributed by atoms with Crippen molar-refractivity contribution < 1.29 is 4.92 Å². The van der Waals surface area contributed by atoms with Crippen LogP contribution in [0.2, 0.25) is 0 Å². The van der Waals surface area contributed by atoms with E-state index in [9.17, 15) is 10.1 Å². The highest BCUT2D eigenvalue weighted by molar-refractivity contribution is 5.94. The van der Waals surface area contributed by atoms with Crippen LogP contribution in [-0.4, -0.2) is 9.91 Å². The molecule has 1 heterocycles. The lowest BCUT2D eigenvalue weighted by Crippen LogP contribution is -1.94. The van der Waals surface area contributed by atoms with Crippen LogP contribution in [0.5, 0.6) is 0 Å². The van der Waals surface area contributed by atoms with Gasteiger partial charge in [-0.2, -0.15) is 0 Å². The molecule has 15 heavy (non-hydrogen) atoms. The van der Waals surface area contributed by atoms with E-state index in [1.165, 1.54) is 12.1 Å². The number of nitro benzene ring substituents is 1. The molecule has 0 aliphatic carbocycles. The third-order valence-corrected chi connectivity index (χ3v) is 2.31. The van der Waals surface area contributed by atoms with Crippen molar-refractivity contribution in [3.8, 4) is 0 Å². The monoisotopic (exact) mass is 203 g/mol. The fourth-order valence-corrected chi connectivity index (χ4v) is 1.51. The molecule has 0 amide bonds. The van der Waals surface area contributed by atoms with E-state index in [1.807, 2.05) is 6.92 Å². The third kappa shape index (κ3) is 1.48. The maximum Gasteiger partial charge on any atom is 0.270 e. The van der Waals surface area contributed by atoms with E-state index in [2.05, 4.69) is 4.98 Å². The average molecular weight is 203 g/mol. The Kier molecular flexibility index (Phi) is 2.00. The molecule has 0 bridgehead atoms. The molecular formula is C10H9N3O2. The van der Waals surface area contributed by atoms with Crippen LogP contribution < -0.4 is 5.73 Å². The predicted molar refractivity (Wildman–Crippen MR) is 57.5 cm³/mol. The van der Waals surface area contributed by atoms with Crippen molar-refractivity contribution in [2.75, 3.05) is 5.73 Å². The number of aromatic nitrogens is 1. The summed E-state index contributed by atoms with van der Waals surface area (Å²) in [5.41, 5.74) is 6.64. The first-order valence-electron chi connectivity index (χ1n) is 4.39. The number of nitro groups is 1. The molecule has 2 N–H and O–H groups in total. The Balaban J connectivity index is 2.81. The Morgan fingerprint density at radius 3 is 2.80 bits per heavy atom. The maximum atomic E-state index is 10.6. The standard InChI is InChI=1S/C10H9N3O2/c1-6-5-12-10(11)9-4-7(13(14)15)2-3-8(6)9/h2-5H,1H3,(H2,11,12). The lowest BCUT2D eigenvalue weighted by atomic mass is 10.1. The second-order valence-corrected chi connectivity index (χ2v) is 3.31. The Morgan fingerprint density at radius 1 is 1.40 bits per heavy atom. The predicted octanol–water partition coefficient (Wildman–Crippen LogP) is 2.03. The van der Waals surface area contributed by atoms with E-state index >= 15 is 0 Å². The number of nitrogens with zero attached hydrogens (tertiary/aromatic N) is 2. The van der Waals surface area contributed by atoms with Gasteiger partial charge in [0.1, 0.15) is 5.82 Å². The summed E-state index contributed by atoms with van der Waals surface area (Å²) in [4.78, 5) is 14.1. The summed E-state index contributed by atoms with van der Waals surface area (Å²) in [5.74, 6) is 0.319. The minimum Gasteiger partial charge on any atom is -0.383 e. The van der Waals surface area contributed by atoms with E-state index in [0.29, 0.717) is 11.2 Å². The average Bonchev–Trinajstić information content (AvgIpc) is 2.23. The first-order valence-corrected chi connectivity index (χ1v) is 4.39. The molecule has 1 aromatic heterocycles. The van der Waals surface area contributed by atoms with Crippen molar-refractivity contribution in [3.63, 3.8) is 0 Å². The number of pyridine rings is 1. The van der Waals surface area contributed by atoms with Gasteiger partial charge in [0.25, 0.3) is 5.69 Å². The Labute approximate surface area is 85.7 Å². The molecule has 0 unspecified atom stereocenters. The summed E-state index contributed by atoms with van der Waals surface area (Å²) in [6.45, 7) is 1.89. The molecule has 0 radical (unpaired) electrons. The number of anilines is 1. The maximum absolute atomic E-state index is 10.6. The number of non-ortho nitro benzene ring substituents is 1. The van der Waals surface area contributed by atoms with Crippen LogP contribution in [-0.2, 0) is 0 Å². The van der Waals surface area contributed by atoms with Crippen LogP contribution in [0.3, 0.4) is 0 Å². The molecule has 0 spiro atoms. The topological polar surface area (TPSA) is 82.0 Å². The molecule has 5 nitrogen and oxygen atoms in total. The van der Waals surface area contributed by atoms with Gasteiger partial charge in [0.05, 0.1) is 4.92 Å². The summed E-state index contributed by atoms with van der Waals surface area (Å²) >= 11 is 0. The lowest BCUT2D eigenvalue weighted by molar-refractivity contribution is -0.384. The van der Waals surface area contributed by atoms with Gasteiger partial charge in [0, 0.05) is 23.7 Å². The molecule has 76 valence electrons. The molecule has 5 heteroatoms. The van der Waals surface area contributed by atoms with E-state index in [1.54, 1.807) is 12.3 Å². The Bertz CT molecular complexity index is 552. The second-order valence-electron chi connectivity index (χ2n) is 3.31. The number of fused-ring (bicyclic) bond motifs is 1. The van der Waals surface area contributed by atoms with E-state index in [-0.39, 0.29) is 5.69 Å². The fourth-order valence-electron chi connectivity index (χ4n) is 1.51. The molecule has 1 aromatic carbocycles. The molecule has 2 rings (SSSR count). The highest BCUT2D eigenvalue weighted by Gasteiger charge is 2.09. The van der Waals surface area contributed by atoms with Gasteiger partial charge in [0.15, 0.2) is 0 Å². The molecule has 0 aliphatic rings. The third-order valence-electron chi connectivity index (χ3n) is 2.31. The highest BCUT2D eigenvalue weighted by atomic mass is 16.6. The zero-order chi connectivity index (χ0) is 11.0. The van der Waals surface area contributed by atoms with Crippen LogP contribution >= 0.6 is 0 Å². The smallest absolute Gasteiger partial charge is 0.270 e. The lowest BCUT2D eigenvalue weighted by Gasteiger charge is -2.03. The Hall–Kier alpha value is -2.17. The molecule has 0 saturated carbocycles. The minimum absolute atomic E-state index is 0.0293. The molecule has 0 fully saturated rings. The summed E-state index contributed by atoms with van der Waals surface area (Å²) in [7, 11) is 0. The number of hydrogen-bond acceptors (Lipinski definition) is 4. The zero-order valence-electron chi connectivity index (χ0n) is 8.10. The zero-order valence-corrected chi connectivity index (χ0v) is 8.10. The van der Waals surface area contributed by atoms with Gasteiger partial charge in [-0.25, -0.2) is 4.98 Å². The molecule has 0 aliphatic heterocycles. The van der Waals surface area contributed by atoms with Crippen molar-refractivity contribution in [1.82, 2.24) is 4.98 Å². The van der Waals surface area contributed by atoms with Crippen LogP contribution in [0.15, 0.2) is 24.4 Å². The fraction of sp³-hybridized carbons (Fsp3) is 0.100. The van der Waals surface area contributed by atoms with Gasteiger partial charge >= 0.3 is 0 Å². The number of aryl methyl sites for hydroxylation is 1. The summed E-state index contributed by atoms with van der Waals surface area (Å²) < 4.78 is 0. The van der Waals surface area contributed by atoms with Crippen molar-refractivity contribution >= 4 is 22.3 Å². The number of nitrogen functional groups attached to an aromatic ring is 1. The van der Waals surface area contributed by atoms with Crippen LogP contribution in [0, 0.1) is 17.0 Å². The largest absolute Gasteiger partial charge is 0.383 e. The van der Waals surface area contributed by atoms with Gasteiger partial charge in [-0.05, 0) is 23.9 Å². The van der Waals surface area contributed by atoms with Crippen molar-refractivity contribution in [2.24, 2.45) is 0 Å². The van der Waals surface area contributed by atoms with Crippen LogP contribution in [0.4, 0.5) is 11.5 Å². The summed E-state index contributed by atoms with van der Waals surface area (Å²) in [5, 5.41) is 12.1. The van der Waals surface area contributed by atoms with Gasteiger partial charge in [0.2, 0.25) is 0 Å². The van der Waals surface area contributed by atoms with E-state index < -0.39 is 4.92 Å². The van der Waals surface area contributed by atoms with Gasteiger partial charge < -0.3 is 5.73 Å². The van der Waals surface area contributed by atoms with Gasteiger partial charge in [-0.1, -0.05) is 0 Å². The minimum atomic E-state index is -0.443. The summed E-state index contributed by atoms with van der Waals surface area (Å²) in [6, 6.07) is 4.61. The van der Waals surface area contributed by atoms with Gasteiger partial charge in [-0.15, -0.1) is 0 Å². The normalized spacial score (nSPS) is 10.5. The van der Waals surface area contributed by atoms with Crippen LogP contribution in [0.1, 0.15) is 5.56 Å². The van der Waals surface area contributed by atoms with Crippen molar-refractivity contribution in [2.45, 2.75) is 6.92 Å². The first kappa shape index (κ1) is 9.39. The molecule has 2 aromatic rings.